The molecule has 1 aromatic heterocycles. The fourth-order valence-electron chi connectivity index (χ4n) is 2.78. The third-order valence-electron chi connectivity index (χ3n) is 4.04. The van der Waals surface area contributed by atoms with E-state index in [0.717, 1.165) is 24.7 Å². The number of aryl methyl sites for hydroxylation is 2. The van der Waals surface area contributed by atoms with Gasteiger partial charge in [0.25, 0.3) is 0 Å². The predicted molar refractivity (Wildman–Crippen MR) is 81.2 cm³/mol. The van der Waals surface area contributed by atoms with Gasteiger partial charge in [0.15, 0.2) is 0 Å². The minimum absolute atomic E-state index is 0.604. The summed E-state index contributed by atoms with van der Waals surface area (Å²) in [6.45, 7) is 8.59. The van der Waals surface area contributed by atoms with E-state index in [-0.39, 0.29) is 0 Å². The molecule has 0 fully saturated rings. The van der Waals surface area contributed by atoms with Crippen molar-refractivity contribution in [3.63, 3.8) is 0 Å². The molecule has 4 nitrogen and oxygen atoms in total. The lowest BCUT2D eigenvalue weighted by Gasteiger charge is -2.31. The first-order valence-electron chi connectivity index (χ1n) is 7.35. The Bertz CT molecular complexity index is 366. The molecule has 0 aliphatic heterocycles. The molecule has 1 N–H and O–H groups in total. The van der Waals surface area contributed by atoms with Crippen LogP contribution >= 0.6 is 0 Å². The predicted octanol–water partition coefficient (Wildman–Crippen LogP) is 2.18. The molecule has 0 aliphatic carbocycles. The van der Waals surface area contributed by atoms with E-state index in [1.165, 1.54) is 18.4 Å². The molecule has 1 aromatic rings. The van der Waals surface area contributed by atoms with Crippen molar-refractivity contribution in [1.82, 2.24) is 20.0 Å². The summed E-state index contributed by atoms with van der Waals surface area (Å²) >= 11 is 0. The van der Waals surface area contributed by atoms with Crippen LogP contribution in [0, 0.1) is 12.8 Å². The zero-order valence-electron chi connectivity index (χ0n) is 13.4. The molecule has 1 heterocycles. The Labute approximate surface area is 118 Å². The molecule has 0 aliphatic rings. The van der Waals surface area contributed by atoms with Crippen molar-refractivity contribution < 1.29 is 0 Å². The zero-order chi connectivity index (χ0) is 14.4. The highest BCUT2D eigenvalue weighted by molar-refractivity contribution is 5.14. The van der Waals surface area contributed by atoms with Crippen molar-refractivity contribution in [2.45, 2.75) is 46.2 Å². The summed E-state index contributed by atoms with van der Waals surface area (Å²) < 4.78 is 1.89. The van der Waals surface area contributed by atoms with Gasteiger partial charge in [0.1, 0.15) is 0 Å². The highest BCUT2D eigenvalue weighted by atomic mass is 15.3. The summed E-state index contributed by atoms with van der Waals surface area (Å²) in [6.07, 6.45) is 4.59. The second-order valence-corrected chi connectivity index (χ2v) is 5.65. The molecule has 0 bridgehead atoms. The molecule has 4 heteroatoms. The number of likely N-dealkylation sites (N-methyl/N-ethyl adjacent to an activating group) is 1. The average molecular weight is 266 g/mol. The molecule has 1 rings (SSSR count). The van der Waals surface area contributed by atoms with Crippen LogP contribution in [0.1, 0.15) is 37.9 Å². The van der Waals surface area contributed by atoms with Gasteiger partial charge in [-0.15, -0.1) is 0 Å². The van der Waals surface area contributed by atoms with Crippen molar-refractivity contribution in [2.24, 2.45) is 13.0 Å². The second-order valence-electron chi connectivity index (χ2n) is 5.65. The van der Waals surface area contributed by atoms with E-state index in [4.69, 9.17) is 0 Å². The summed E-state index contributed by atoms with van der Waals surface area (Å²) in [5.41, 5.74) is 2.42. The van der Waals surface area contributed by atoms with Gasteiger partial charge < -0.3 is 10.2 Å². The smallest absolute Gasteiger partial charge is 0.0638 e. The van der Waals surface area contributed by atoms with Crippen LogP contribution in [0.5, 0.6) is 0 Å². The number of hydrogen-bond donors (Lipinski definition) is 1. The third-order valence-corrected chi connectivity index (χ3v) is 4.04. The normalized spacial score (nSPS) is 13.5. The van der Waals surface area contributed by atoms with E-state index in [1.807, 2.05) is 11.7 Å². The zero-order valence-corrected chi connectivity index (χ0v) is 13.4. The minimum atomic E-state index is 0.604. The highest BCUT2D eigenvalue weighted by Crippen LogP contribution is 2.16. The first kappa shape index (κ1) is 16.2. The molecule has 110 valence electrons. The molecule has 0 aromatic carbocycles. The molecular formula is C15H30N4. The quantitative estimate of drug-likeness (QED) is 0.783. The Balaban J connectivity index is 2.51. The molecule has 1 unspecified atom stereocenters. The Hall–Kier alpha value is -0.870. The van der Waals surface area contributed by atoms with E-state index >= 15 is 0 Å². The van der Waals surface area contributed by atoms with Crippen molar-refractivity contribution >= 4 is 0 Å². The van der Waals surface area contributed by atoms with Gasteiger partial charge in [0.2, 0.25) is 0 Å². The molecule has 19 heavy (non-hydrogen) atoms. The Morgan fingerprint density at radius 2 is 1.95 bits per heavy atom. The van der Waals surface area contributed by atoms with Crippen molar-refractivity contribution in [1.29, 1.82) is 0 Å². The van der Waals surface area contributed by atoms with Crippen LogP contribution in [-0.4, -0.2) is 41.4 Å². The van der Waals surface area contributed by atoms with Gasteiger partial charge in [0, 0.05) is 37.9 Å². The molecule has 0 saturated heterocycles. The van der Waals surface area contributed by atoms with E-state index in [1.54, 1.807) is 0 Å². The minimum Gasteiger partial charge on any atom is -0.311 e. The fraction of sp³-hybridized carbons (Fsp3) is 0.800. The van der Waals surface area contributed by atoms with Crippen molar-refractivity contribution in [3.8, 4) is 0 Å². The molecular weight excluding hydrogens is 236 g/mol. The summed E-state index contributed by atoms with van der Waals surface area (Å²) in [7, 11) is 6.34. The van der Waals surface area contributed by atoms with E-state index < -0.39 is 0 Å². The van der Waals surface area contributed by atoms with Crippen LogP contribution in [0.2, 0.25) is 0 Å². The number of aromatic nitrogens is 2. The molecule has 1 atom stereocenters. The summed E-state index contributed by atoms with van der Waals surface area (Å²) in [4.78, 5) is 2.35. The van der Waals surface area contributed by atoms with Gasteiger partial charge in [-0.05, 0) is 26.9 Å². The number of hydrogen-bond acceptors (Lipinski definition) is 3. The number of nitrogens with zero attached hydrogens (tertiary/aromatic N) is 3. The van der Waals surface area contributed by atoms with Gasteiger partial charge in [-0.2, -0.15) is 5.10 Å². The Morgan fingerprint density at radius 3 is 2.37 bits per heavy atom. The maximum Gasteiger partial charge on any atom is 0.0638 e. The van der Waals surface area contributed by atoms with Crippen LogP contribution in [0.25, 0.3) is 0 Å². The fourth-order valence-corrected chi connectivity index (χ4v) is 2.78. The topological polar surface area (TPSA) is 33.1 Å². The van der Waals surface area contributed by atoms with E-state index in [9.17, 15) is 0 Å². The summed E-state index contributed by atoms with van der Waals surface area (Å²) in [6, 6.07) is 0.604. The summed E-state index contributed by atoms with van der Waals surface area (Å²) in [5.74, 6) is 0.762. The lowest BCUT2D eigenvalue weighted by Crippen LogP contribution is -2.42. The molecule has 0 amide bonds. The maximum atomic E-state index is 4.38. The standard InChI is InChI=1S/C15H30N4/c1-7-13(8-2)15(18(4)5)10-16-9-14-11-19(6)17-12(14)3/h11,13,15-16H,7-10H2,1-6H3. The second kappa shape index (κ2) is 7.65. The Morgan fingerprint density at radius 1 is 1.32 bits per heavy atom. The first-order chi connectivity index (χ1) is 8.99. The van der Waals surface area contributed by atoms with Gasteiger partial charge in [0.05, 0.1) is 5.69 Å². The molecule has 0 saturated carbocycles. The summed E-state index contributed by atoms with van der Waals surface area (Å²) in [5, 5.41) is 7.97. The van der Waals surface area contributed by atoms with Crippen LogP contribution in [0.15, 0.2) is 6.20 Å². The average Bonchev–Trinajstić information content (AvgIpc) is 2.67. The third kappa shape index (κ3) is 4.62. The first-order valence-corrected chi connectivity index (χ1v) is 7.35. The van der Waals surface area contributed by atoms with Gasteiger partial charge in [-0.1, -0.05) is 26.7 Å². The lowest BCUT2D eigenvalue weighted by molar-refractivity contribution is 0.194. The van der Waals surface area contributed by atoms with Crippen molar-refractivity contribution in [2.75, 3.05) is 20.6 Å². The molecule has 0 radical (unpaired) electrons. The van der Waals surface area contributed by atoms with Gasteiger partial charge in [-0.3, -0.25) is 4.68 Å². The van der Waals surface area contributed by atoms with E-state index in [2.05, 4.69) is 56.4 Å². The molecule has 0 spiro atoms. The van der Waals surface area contributed by atoms with Crippen LogP contribution in [0.4, 0.5) is 0 Å². The van der Waals surface area contributed by atoms with Crippen LogP contribution < -0.4 is 5.32 Å². The van der Waals surface area contributed by atoms with Gasteiger partial charge >= 0.3 is 0 Å². The van der Waals surface area contributed by atoms with Gasteiger partial charge in [-0.25, -0.2) is 0 Å². The maximum absolute atomic E-state index is 4.38. The van der Waals surface area contributed by atoms with Crippen LogP contribution in [0.3, 0.4) is 0 Å². The lowest BCUT2D eigenvalue weighted by atomic mass is 9.93. The van der Waals surface area contributed by atoms with Crippen LogP contribution in [-0.2, 0) is 13.6 Å². The highest BCUT2D eigenvalue weighted by Gasteiger charge is 2.20. The Kier molecular flexibility index (Phi) is 6.52. The largest absolute Gasteiger partial charge is 0.311 e. The number of rotatable bonds is 8. The number of nitrogens with one attached hydrogen (secondary N) is 1. The van der Waals surface area contributed by atoms with Crippen molar-refractivity contribution in [3.05, 3.63) is 17.5 Å². The van der Waals surface area contributed by atoms with E-state index in [0.29, 0.717) is 6.04 Å². The SMILES string of the molecule is CCC(CC)C(CNCc1cn(C)nc1C)N(C)C. The monoisotopic (exact) mass is 266 g/mol.